The molecule has 0 bridgehead atoms. The van der Waals surface area contributed by atoms with Crippen LogP contribution in [-0.2, 0) is 16.1 Å². The summed E-state index contributed by atoms with van der Waals surface area (Å²) < 4.78 is 12.2. The van der Waals surface area contributed by atoms with Gasteiger partial charge >= 0.3 is 0 Å². The molecule has 2 nitrogen and oxygen atoms in total. The standard InChI is InChI=1S/C10H13BrO2S/c11-9-3-5-14-10(9)7-12-6-8-2-1-4-13-8/h3,5,8H,1-2,4,6-7H2. The Morgan fingerprint density at radius 3 is 3.21 bits per heavy atom. The van der Waals surface area contributed by atoms with Gasteiger partial charge in [-0.25, -0.2) is 0 Å². The van der Waals surface area contributed by atoms with Crippen molar-refractivity contribution in [2.24, 2.45) is 0 Å². The Morgan fingerprint density at radius 2 is 2.57 bits per heavy atom. The summed E-state index contributed by atoms with van der Waals surface area (Å²) in [4.78, 5) is 1.25. The fraction of sp³-hybridized carbons (Fsp3) is 0.600. The molecule has 0 spiro atoms. The molecule has 1 fully saturated rings. The maximum atomic E-state index is 5.60. The zero-order valence-corrected chi connectivity index (χ0v) is 10.3. The van der Waals surface area contributed by atoms with E-state index in [0.29, 0.717) is 12.7 Å². The Kier molecular flexibility index (Phi) is 3.99. The largest absolute Gasteiger partial charge is 0.376 e. The summed E-state index contributed by atoms with van der Waals surface area (Å²) in [5.41, 5.74) is 0. The van der Waals surface area contributed by atoms with Gasteiger partial charge in [-0.3, -0.25) is 0 Å². The first kappa shape index (κ1) is 10.6. The average Bonchev–Trinajstić information content (AvgIpc) is 2.78. The van der Waals surface area contributed by atoms with Crippen LogP contribution in [0.25, 0.3) is 0 Å². The van der Waals surface area contributed by atoms with E-state index in [-0.39, 0.29) is 0 Å². The minimum absolute atomic E-state index is 0.328. The van der Waals surface area contributed by atoms with Gasteiger partial charge in [0.15, 0.2) is 0 Å². The molecule has 14 heavy (non-hydrogen) atoms. The van der Waals surface area contributed by atoms with Gasteiger partial charge in [0, 0.05) is 16.0 Å². The molecule has 78 valence electrons. The van der Waals surface area contributed by atoms with E-state index in [2.05, 4.69) is 27.4 Å². The Labute approximate surface area is 96.4 Å². The van der Waals surface area contributed by atoms with Crippen molar-refractivity contribution in [1.82, 2.24) is 0 Å². The minimum atomic E-state index is 0.328. The molecule has 1 aromatic heterocycles. The van der Waals surface area contributed by atoms with E-state index < -0.39 is 0 Å². The predicted molar refractivity (Wildman–Crippen MR) is 60.6 cm³/mol. The lowest BCUT2D eigenvalue weighted by molar-refractivity contribution is 0.0112. The van der Waals surface area contributed by atoms with Gasteiger partial charge in [0.2, 0.25) is 0 Å². The van der Waals surface area contributed by atoms with Crippen molar-refractivity contribution in [1.29, 1.82) is 0 Å². The highest BCUT2D eigenvalue weighted by Crippen LogP contribution is 2.23. The van der Waals surface area contributed by atoms with Gasteiger partial charge in [0.1, 0.15) is 0 Å². The Bertz CT molecular complexity index is 281. The van der Waals surface area contributed by atoms with E-state index in [4.69, 9.17) is 9.47 Å². The monoisotopic (exact) mass is 276 g/mol. The van der Waals surface area contributed by atoms with Crippen molar-refractivity contribution in [3.05, 3.63) is 20.8 Å². The third kappa shape index (κ3) is 2.79. The van der Waals surface area contributed by atoms with E-state index in [1.54, 1.807) is 11.3 Å². The number of hydrogen-bond donors (Lipinski definition) is 0. The molecule has 0 aliphatic carbocycles. The number of ether oxygens (including phenoxy) is 2. The van der Waals surface area contributed by atoms with Crippen molar-refractivity contribution in [3.8, 4) is 0 Å². The molecule has 0 amide bonds. The maximum absolute atomic E-state index is 5.60. The summed E-state index contributed by atoms with van der Waals surface area (Å²) in [6, 6.07) is 2.05. The molecule has 1 unspecified atom stereocenters. The van der Waals surface area contributed by atoms with Crippen molar-refractivity contribution in [2.75, 3.05) is 13.2 Å². The van der Waals surface area contributed by atoms with Gasteiger partial charge in [-0.05, 0) is 40.2 Å². The van der Waals surface area contributed by atoms with Crippen LogP contribution in [0.1, 0.15) is 17.7 Å². The molecule has 1 aromatic rings. The number of halogens is 1. The maximum Gasteiger partial charge on any atom is 0.0822 e. The molecule has 0 N–H and O–H groups in total. The first-order valence-corrected chi connectivity index (χ1v) is 6.45. The molecule has 0 aromatic carbocycles. The Hall–Kier alpha value is 0.1000. The zero-order chi connectivity index (χ0) is 9.80. The van der Waals surface area contributed by atoms with Crippen LogP contribution in [0.5, 0.6) is 0 Å². The first-order chi connectivity index (χ1) is 6.86. The molecule has 2 heterocycles. The van der Waals surface area contributed by atoms with Crippen LogP contribution in [0.2, 0.25) is 0 Å². The van der Waals surface area contributed by atoms with E-state index >= 15 is 0 Å². The van der Waals surface area contributed by atoms with E-state index in [1.165, 1.54) is 11.3 Å². The Balaban J connectivity index is 1.70. The highest BCUT2D eigenvalue weighted by Gasteiger charge is 2.15. The van der Waals surface area contributed by atoms with Crippen LogP contribution in [0.15, 0.2) is 15.9 Å². The van der Waals surface area contributed by atoms with Gasteiger partial charge in [0.25, 0.3) is 0 Å². The molecule has 2 rings (SSSR count). The molecule has 1 atom stereocenters. The zero-order valence-electron chi connectivity index (χ0n) is 7.87. The second kappa shape index (κ2) is 5.26. The van der Waals surface area contributed by atoms with Crippen molar-refractivity contribution in [3.63, 3.8) is 0 Å². The van der Waals surface area contributed by atoms with Crippen molar-refractivity contribution in [2.45, 2.75) is 25.6 Å². The topological polar surface area (TPSA) is 18.5 Å². The summed E-state index contributed by atoms with van der Waals surface area (Å²) in [6.45, 7) is 2.32. The second-order valence-corrected chi connectivity index (χ2v) is 5.20. The summed E-state index contributed by atoms with van der Waals surface area (Å²) in [6.07, 6.45) is 2.65. The highest BCUT2D eigenvalue weighted by atomic mass is 79.9. The molecular formula is C10H13BrO2S. The number of rotatable bonds is 4. The van der Waals surface area contributed by atoms with Gasteiger partial charge < -0.3 is 9.47 Å². The molecule has 1 aliphatic heterocycles. The molecule has 0 saturated carbocycles. The number of hydrogen-bond acceptors (Lipinski definition) is 3. The summed E-state index contributed by atoms with van der Waals surface area (Å²) in [5, 5.41) is 2.06. The van der Waals surface area contributed by atoms with Crippen LogP contribution in [0.4, 0.5) is 0 Å². The van der Waals surface area contributed by atoms with Crippen LogP contribution >= 0.6 is 27.3 Å². The van der Waals surface area contributed by atoms with Crippen LogP contribution in [0.3, 0.4) is 0 Å². The summed E-state index contributed by atoms with van der Waals surface area (Å²) in [5.74, 6) is 0. The van der Waals surface area contributed by atoms with Gasteiger partial charge in [-0.1, -0.05) is 0 Å². The minimum Gasteiger partial charge on any atom is -0.376 e. The fourth-order valence-electron chi connectivity index (χ4n) is 1.49. The quantitative estimate of drug-likeness (QED) is 0.841. The first-order valence-electron chi connectivity index (χ1n) is 4.77. The third-order valence-electron chi connectivity index (χ3n) is 2.25. The molecule has 1 saturated heterocycles. The SMILES string of the molecule is Brc1ccsc1COCC1CCCO1. The molecular weight excluding hydrogens is 264 g/mol. The third-order valence-corrected chi connectivity index (χ3v) is 4.15. The van der Waals surface area contributed by atoms with Crippen molar-refractivity contribution < 1.29 is 9.47 Å². The van der Waals surface area contributed by atoms with Crippen LogP contribution in [-0.4, -0.2) is 19.3 Å². The fourth-order valence-corrected chi connectivity index (χ4v) is 2.89. The highest BCUT2D eigenvalue weighted by molar-refractivity contribution is 9.10. The van der Waals surface area contributed by atoms with E-state index in [1.807, 2.05) is 0 Å². The van der Waals surface area contributed by atoms with Gasteiger partial charge in [-0.2, -0.15) is 0 Å². The smallest absolute Gasteiger partial charge is 0.0822 e. The van der Waals surface area contributed by atoms with E-state index in [0.717, 1.165) is 24.1 Å². The van der Waals surface area contributed by atoms with E-state index in [9.17, 15) is 0 Å². The molecule has 0 radical (unpaired) electrons. The van der Waals surface area contributed by atoms with Crippen molar-refractivity contribution >= 4 is 27.3 Å². The summed E-state index contributed by atoms with van der Waals surface area (Å²) >= 11 is 5.20. The lowest BCUT2D eigenvalue weighted by Gasteiger charge is -2.09. The normalized spacial score (nSPS) is 21.6. The number of thiophene rings is 1. The van der Waals surface area contributed by atoms with Crippen LogP contribution in [0, 0.1) is 0 Å². The van der Waals surface area contributed by atoms with Gasteiger partial charge in [0.05, 0.1) is 19.3 Å². The average molecular weight is 277 g/mol. The van der Waals surface area contributed by atoms with Gasteiger partial charge in [-0.15, -0.1) is 11.3 Å². The predicted octanol–water partition coefficient (Wildman–Crippen LogP) is 3.21. The molecule has 1 aliphatic rings. The molecule has 4 heteroatoms. The lowest BCUT2D eigenvalue weighted by Crippen LogP contribution is -2.13. The summed E-state index contributed by atoms with van der Waals surface area (Å²) in [7, 11) is 0. The second-order valence-electron chi connectivity index (χ2n) is 3.34. The van der Waals surface area contributed by atoms with Crippen LogP contribution < -0.4 is 0 Å². The Morgan fingerprint density at radius 1 is 1.64 bits per heavy atom. The lowest BCUT2D eigenvalue weighted by atomic mass is 10.2.